The van der Waals surface area contributed by atoms with Gasteiger partial charge >= 0.3 is 0 Å². The Morgan fingerprint density at radius 2 is 1.68 bits per heavy atom. The van der Waals surface area contributed by atoms with E-state index in [1.807, 2.05) is 30.3 Å². The molecule has 0 radical (unpaired) electrons. The predicted octanol–water partition coefficient (Wildman–Crippen LogP) is 3.44. The number of halogens is 1. The van der Waals surface area contributed by atoms with Crippen LogP contribution in [-0.2, 0) is 6.54 Å². The van der Waals surface area contributed by atoms with Crippen molar-refractivity contribution in [3.63, 3.8) is 0 Å². The fraction of sp³-hybridized carbons (Fsp3) is 0.300. The van der Waals surface area contributed by atoms with Gasteiger partial charge in [-0.15, -0.1) is 10.2 Å². The molecule has 2 aliphatic heterocycles. The Balaban J connectivity index is 1.20. The third-order valence-corrected chi connectivity index (χ3v) is 5.26. The van der Waals surface area contributed by atoms with Gasteiger partial charge in [-0.2, -0.15) is 0 Å². The van der Waals surface area contributed by atoms with E-state index in [2.05, 4.69) is 32.1 Å². The highest BCUT2D eigenvalue weighted by atomic mass is 35.5. The molecule has 0 N–H and O–H groups in total. The molecule has 0 saturated carbocycles. The average Bonchev–Trinajstić information content (AvgIpc) is 3.38. The first kappa shape index (κ1) is 17.3. The van der Waals surface area contributed by atoms with Crippen molar-refractivity contribution in [3.05, 3.63) is 53.4 Å². The van der Waals surface area contributed by atoms with Crippen LogP contribution in [0.2, 0.25) is 5.02 Å². The zero-order valence-corrected chi connectivity index (χ0v) is 15.9. The number of fused-ring (bicyclic) bond motifs is 1. The number of benzene rings is 2. The summed E-state index contributed by atoms with van der Waals surface area (Å²) in [5, 5.41) is 9.16. The number of aromatic nitrogens is 2. The summed E-state index contributed by atoms with van der Waals surface area (Å²) in [5.74, 6) is 2.55. The average molecular weight is 399 g/mol. The zero-order valence-electron chi connectivity index (χ0n) is 15.2. The predicted molar refractivity (Wildman–Crippen MR) is 105 cm³/mol. The summed E-state index contributed by atoms with van der Waals surface area (Å²) >= 11 is 5.97. The van der Waals surface area contributed by atoms with Gasteiger partial charge in [-0.05, 0) is 42.5 Å². The molecule has 0 amide bonds. The molecule has 2 aliphatic rings. The number of nitrogens with zero attached hydrogens (tertiary/aromatic N) is 4. The summed E-state index contributed by atoms with van der Waals surface area (Å²) in [6.07, 6.45) is 0. The van der Waals surface area contributed by atoms with E-state index < -0.39 is 0 Å². The molecule has 3 aromatic rings. The number of ether oxygens (including phenoxy) is 2. The van der Waals surface area contributed by atoms with Crippen LogP contribution >= 0.6 is 11.6 Å². The van der Waals surface area contributed by atoms with E-state index in [1.54, 1.807) is 0 Å². The topological polar surface area (TPSA) is 63.9 Å². The molecule has 0 atom stereocenters. The van der Waals surface area contributed by atoms with Gasteiger partial charge in [0.15, 0.2) is 11.5 Å². The maximum absolute atomic E-state index is 5.97. The molecule has 1 fully saturated rings. The highest BCUT2D eigenvalue weighted by molar-refractivity contribution is 6.30. The van der Waals surface area contributed by atoms with E-state index in [9.17, 15) is 0 Å². The Morgan fingerprint density at radius 1 is 0.893 bits per heavy atom. The van der Waals surface area contributed by atoms with E-state index in [-0.39, 0.29) is 6.79 Å². The summed E-state index contributed by atoms with van der Waals surface area (Å²) < 4.78 is 16.6. The zero-order chi connectivity index (χ0) is 18.9. The van der Waals surface area contributed by atoms with Crippen molar-refractivity contribution in [2.24, 2.45) is 0 Å². The molecule has 8 heteroatoms. The lowest BCUT2D eigenvalue weighted by atomic mass is 10.2. The molecule has 5 rings (SSSR count). The van der Waals surface area contributed by atoms with Crippen molar-refractivity contribution in [2.45, 2.75) is 6.54 Å². The van der Waals surface area contributed by atoms with Gasteiger partial charge in [0.1, 0.15) is 0 Å². The maximum Gasteiger partial charge on any atom is 0.247 e. The van der Waals surface area contributed by atoms with Crippen LogP contribution in [0.15, 0.2) is 46.9 Å². The SMILES string of the molecule is Clc1ccc(N2CCN(Cc3nnc(-c4ccc5c(c4)OCO5)o3)CC2)cc1. The largest absolute Gasteiger partial charge is 0.454 e. The number of piperazine rings is 1. The fourth-order valence-electron chi connectivity index (χ4n) is 3.47. The van der Waals surface area contributed by atoms with Gasteiger partial charge in [0.25, 0.3) is 0 Å². The Morgan fingerprint density at radius 3 is 2.50 bits per heavy atom. The monoisotopic (exact) mass is 398 g/mol. The van der Waals surface area contributed by atoms with Crippen LogP contribution in [0.1, 0.15) is 5.89 Å². The van der Waals surface area contributed by atoms with Gasteiger partial charge in [0, 0.05) is 42.5 Å². The van der Waals surface area contributed by atoms with Gasteiger partial charge < -0.3 is 18.8 Å². The number of hydrogen-bond acceptors (Lipinski definition) is 7. The third-order valence-electron chi connectivity index (χ3n) is 5.01. The highest BCUT2D eigenvalue weighted by Crippen LogP contribution is 2.35. The van der Waals surface area contributed by atoms with Crippen LogP contribution in [-0.4, -0.2) is 48.1 Å². The Bertz CT molecular complexity index is 968. The van der Waals surface area contributed by atoms with E-state index in [0.29, 0.717) is 24.1 Å². The quantitative estimate of drug-likeness (QED) is 0.667. The molecule has 7 nitrogen and oxygen atoms in total. The van der Waals surface area contributed by atoms with Crippen molar-refractivity contribution in [3.8, 4) is 23.0 Å². The van der Waals surface area contributed by atoms with E-state index in [1.165, 1.54) is 5.69 Å². The van der Waals surface area contributed by atoms with Crippen LogP contribution in [0.5, 0.6) is 11.5 Å². The first-order valence-electron chi connectivity index (χ1n) is 9.20. The summed E-state index contributed by atoms with van der Waals surface area (Å²) in [6.45, 7) is 4.66. The maximum atomic E-state index is 5.97. The Kier molecular flexibility index (Phi) is 4.54. The third kappa shape index (κ3) is 3.50. The molecule has 28 heavy (non-hydrogen) atoms. The Hall–Kier alpha value is -2.77. The van der Waals surface area contributed by atoms with Crippen LogP contribution < -0.4 is 14.4 Å². The van der Waals surface area contributed by atoms with Crippen LogP contribution in [0.3, 0.4) is 0 Å². The lowest BCUT2D eigenvalue weighted by molar-refractivity contribution is 0.174. The van der Waals surface area contributed by atoms with E-state index >= 15 is 0 Å². The van der Waals surface area contributed by atoms with Crippen molar-refractivity contribution < 1.29 is 13.9 Å². The number of anilines is 1. The molecule has 0 spiro atoms. The molecular weight excluding hydrogens is 380 g/mol. The van der Waals surface area contributed by atoms with Gasteiger partial charge in [-0.3, -0.25) is 4.90 Å². The van der Waals surface area contributed by atoms with Crippen molar-refractivity contribution in [1.29, 1.82) is 0 Å². The van der Waals surface area contributed by atoms with Gasteiger partial charge in [0.05, 0.1) is 6.54 Å². The van der Waals surface area contributed by atoms with Gasteiger partial charge in [0.2, 0.25) is 18.6 Å². The summed E-state index contributed by atoms with van der Waals surface area (Å²) in [7, 11) is 0. The van der Waals surface area contributed by atoms with Gasteiger partial charge in [-0.1, -0.05) is 11.6 Å². The van der Waals surface area contributed by atoms with Crippen LogP contribution in [0, 0.1) is 0 Å². The van der Waals surface area contributed by atoms with E-state index in [0.717, 1.165) is 42.5 Å². The molecule has 144 valence electrons. The number of rotatable bonds is 4. The molecule has 1 saturated heterocycles. The minimum atomic E-state index is 0.246. The second-order valence-electron chi connectivity index (χ2n) is 6.81. The summed E-state index contributed by atoms with van der Waals surface area (Å²) in [6, 6.07) is 13.6. The summed E-state index contributed by atoms with van der Waals surface area (Å²) in [5.41, 5.74) is 2.03. The lowest BCUT2D eigenvalue weighted by Crippen LogP contribution is -2.46. The number of hydrogen-bond donors (Lipinski definition) is 0. The van der Waals surface area contributed by atoms with Crippen LogP contribution in [0.25, 0.3) is 11.5 Å². The highest BCUT2D eigenvalue weighted by Gasteiger charge is 2.21. The lowest BCUT2D eigenvalue weighted by Gasteiger charge is -2.35. The van der Waals surface area contributed by atoms with Gasteiger partial charge in [-0.25, -0.2) is 0 Å². The second-order valence-corrected chi connectivity index (χ2v) is 7.25. The van der Waals surface area contributed by atoms with Crippen LogP contribution in [0.4, 0.5) is 5.69 Å². The molecule has 0 unspecified atom stereocenters. The first-order chi connectivity index (χ1) is 13.7. The second kappa shape index (κ2) is 7.33. The minimum absolute atomic E-state index is 0.246. The molecule has 0 bridgehead atoms. The van der Waals surface area contributed by atoms with Crippen molar-refractivity contribution in [1.82, 2.24) is 15.1 Å². The smallest absolute Gasteiger partial charge is 0.247 e. The standard InChI is InChI=1S/C20H19ClN4O3/c21-15-2-4-16(5-3-15)25-9-7-24(8-10-25)12-19-22-23-20(28-19)14-1-6-17-18(11-14)27-13-26-17/h1-6,11H,7-10,12-13H2. The molecule has 1 aromatic heterocycles. The minimum Gasteiger partial charge on any atom is -0.454 e. The molecule has 2 aromatic carbocycles. The van der Waals surface area contributed by atoms with Crippen molar-refractivity contribution >= 4 is 17.3 Å². The fourth-order valence-corrected chi connectivity index (χ4v) is 3.60. The molecular formula is C20H19ClN4O3. The molecule has 3 heterocycles. The van der Waals surface area contributed by atoms with Crippen molar-refractivity contribution in [2.75, 3.05) is 37.9 Å². The Labute approximate surface area is 167 Å². The normalized spacial score (nSPS) is 16.5. The first-order valence-corrected chi connectivity index (χ1v) is 9.58. The summed E-state index contributed by atoms with van der Waals surface area (Å²) in [4.78, 5) is 4.68. The molecule has 0 aliphatic carbocycles. The van der Waals surface area contributed by atoms with E-state index in [4.69, 9.17) is 25.5 Å².